The first-order chi connectivity index (χ1) is 10.0. The van der Waals surface area contributed by atoms with Crippen molar-refractivity contribution in [3.63, 3.8) is 0 Å². The lowest BCUT2D eigenvalue weighted by Gasteiger charge is -2.28. The number of nitrogens with zero attached hydrogens (tertiary/aromatic N) is 7. The number of hydrogen-bond acceptors (Lipinski definition) is 6. The average molecular weight is 295 g/mol. The number of aromatic nitrogens is 5. The number of hydrogen-bond donors (Lipinski definition) is 0. The standard InChI is InChI=1S/C11H8F3N7/c12-11(13,14)10-19-18-8-6-20(3-4-21(8)10)9-7(5-15)16-1-2-17-9/h1-2H,3-4,6H2. The van der Waals surface area contributed by atoms with Crippen LogP contribution in [-0.4, -0.2) is 31.3 Å². The molecule has 0 radical (unpaired) electrons. The molecule has 0 atom stereocenters. The van der Waals surface area contributed by atoms with Crippen LogP contribution < -0.4 is 4.90 Å². The molecule has 0 unspecified atom stereocenters. The monoisotopic (exact) mass is 295 g/mol. The molecule has 0 fully saturated rings. The Hall–Kier alpha value is -2.70. The third kappa shape index (κ3) is 2.26. The Morgan fingerprint density at radius 1 is 1.14 bits per heavy atom. The second-order valence-electron chi connectivity index (χ2n) is 4.35. The highest BCUT2D eigenvalue weighted by Gasteiger charge is 2.39. The molecule has 21 heavy (non-hydrogen) atoms. The number of halogens is 3. The van der Waals surface area contributed by atoms with Crippen LogP contribution >= 0.6 is 0 Å². The van der Waals surface area contributed by atoms with E-state index in [0.717, 1.165) is 4.57 Å². The topological polar surface area (TPSA) is 83.5 Å². The van der Waals surface area contributed by atoms with Gasteiger partial charge in [0, 0.05) is 25.5 Å². The normalized spacial score (nSPS) is 14.7. The van der Waals surface area contributed by atoms with Crippen molar-refractivity contribution in [2.75, 3.05) is 11.4 Å². The van der Waals surface area contributed by atoms with E-state index in [4.69, 9.17) is 5.26 Å². The third-order valence-corrected chi connectivity index (χ3v) is 3.09. The predicted molar refractivity (Wildman–Crippen MR) is 62.8 cm³/mol. The Morgan fingerprint density at radius 3 is 2.62 bits per heavy atom. The summed E-state index contributed by atoms with van der Waals surface area (Å²) in [5.41, 5.74) is 0.126. The highest BCUT2D eigenvalue weighted by molar-refractivity contribution is 5.49. The zero-order valence-corrected chi connectivity index (χ0v) is 10.5. The fourth-order valence-electron chi connectivity index (χ4n) is 2.19. The van der Waals surface area contributed by atoms with Crippen LogP contribution in [0.15, 0.2) is 12.4 Å². The third-order valence-electron chi connectivity index (χ3n) is 3.09. The minimum atomic E-state index is -4.53. The number of nitriles is 1. The molecule has 108 valence electrons. The number of fused-ring (bicyclic) bond motifs is 1. The van der Waals surface area contributed by atoms with Gasteiger partial charge in [0.25, 0.3) is 0 Å². The van der Waals surface area contributed by atoms with E-state index in [9.17, 15) is 13.2 Å². The molecule has 10 heteroatoms. The van der Waals surface area contributed by atoms with Crippen LogP contribution in [0.25, 0.3) is 0 Å². The molecule has 0 saturated heterocycles. The van der Waals surface area contributed by atoms with Crippen molar-refractivity contribution in [3.05, 3.63) is 29.7 Å². The second-order valence-corrected chi connectivity index (χ2v) is 4.35. The van der Waals surface area contributed by atoms with Gasteiger partial charge >= 0.3 is 6.18 Å². The highest BCUT2D eigenvalue weighted by atomic mass is 19.4. The van der Waals surface area contributed by atoms with Gasteiger partial charge in [0.05, 0.1) is 6.54 Å². The van der Waals surface area contributed by atoms with E-state index < -0.39 is 12.0 Å². The predicted octanol–water partition coefficient (Wildman–Crippen LogP) is 0.979. The zero-order valence-electron chi connectivity index (χ0n) is 10.5. The molecule has 7 nitrogen and oxygen atoms in total. The van der Waals surface area contributed by atoms with Gasteiger partial charge in [0.1, 0.15) is 6.07 Å². The summed E-state index contributed by atoms with van der Waals surface area (Å²) >= 11 is 0. The van der Waals surface area contributed by atoms with E-state index in [1.807, 2.05) is 6.07 Å². The van der Waals surface area contributed by atoms with E-state index in [1.165, 1.54) is 12.4 Å². The number of rotatable bonds is 1. The fourth-order valence-corrected chi connectivity index (χ4v) is 2.19. The van der Waals surface area contributed by atoms with Crippen molar-refractivity contribution < 1.29 is 13.2 Å². The van der Waals surface area contributed by atoms with Crippen LogP contribution in [0.1, 0.15) is 17.3 Å². The molecular weight excluding hydrogens is 287 g/mol. The van der Waals surface area contributed by atoms with Crippen LogP contribution in [0.2, 0.25) is 0 Å². The van der Waals surface area contributed by atoms with Gasteiger partial charge in [-0.3, -0.25) is 0 Å². The van der Waals surface area contributed by atoms with E-state index in [1.54, 1.807) is 4.90 Å². The molecule has 0 aliphatic carbocycles. The van der Waals surface area contributed by atoms with Gasteiger partial charge in [-0.2, -0.15) is 18.4 Å². The smallest absolute Gasteiger partial charge is 0.345 e. The summed E-state index contributed by atoms with van der Waals surface area (Å²) in [6.45, 7) is 0.427. The molecule has 0 bridgehead atoms. The summed E-state index contributed by atoms with van der Waals surface area (Å²) < 4.78 is 39.3. The minimum absolute atomic E-state index is 0.0681. The second kappa shape index (κ2) is 4.69. The Balaban J connectivity index is 1.93. The van der Waals surface area contributed by atoms with Crippen molar-refractivity contribution in [2.24, 2.45) is 0 Å². The molecule has 1 aliphatic heterocycles. The summed E-state index contributed by atoms with van der Waals surface area (Å²) in [6.07, 6.45) is -1.72. The molecule has 0 saturated carbocycles. The quantitative estimate of drug-likeness (QED) is 0.779. The van der Waals surface area contributed by atoms with Gasteiger partial charge in [-0.15, -0.1) is 10.2 Å². The summed E-state index contributed by atoms with van der Waals surface area (Å²) in [5, 5.41) is 15.8. The van der Waals surface area contributed by atoms with Crippen molar-refractivity contribution in [3.8, 4) is 6.07 Å². The summed E-state index contributed by atoms with van der Waals surface area (Å²) in [5.74, 6) is -0.484. The van der Waals surface area contributed by atoms with Gasteiger partial charge in [-0.05, 0) is 0 Å². The summed E-state index contributed by atoms with van der Waals surface area (Å²) in [4.78, 5) is 9.61. The Kier molecular flexibility index (Phi) is 2.97. The average Bonchev–Trinajstić information content (AvgIpc) is 2.90. The summed E-state index contributed by atoms with van der Waals surface area (Å²) in [6, 6.07) is 1.91. The van der Waals surface area contributed by atoms with E-state index in [-0.39, 0.29) is 31.2 Å². The first kappa shape index (κ1) is 13.3. The molecule has 3 rings (SSSR count). The van der Waals surface area contributed by atoms with Crippen LogP contribution in [0.4, 0.5) is 19.0 Å². The van der Waals surface area contributed by atoms with Crippen molar-refractivity contribution in [1.29, 1.82) is 5.26 Å². The lowest BCUT2D eigenvalue weighted by molar-refractivity contribution is -0.147. The van der Waals surface area contributed by atoms with Crippen molar-refractivity contribution in [2.45, 2.75) is 19.3 Å². The van der Waals surface area contributed by atoms with E-state index >= 15 is 0 Å². The lowest BCUT2D eigenvalue weighted by atomic mass is 10.3. The molecule has 1 aliphatic rings. The maximum absolute atomic E-state index is 12.7. The largest absolute Gasteiger partial charge is 0.451 e. The van der Waals surface area contributed by atoms with E-state index in [2.05, 4.69) is 20.2 Å². The van der Waals surface area contributed by atoms with Crippen molar-refractivity contribution in [1.82, 2.24) is 24.7 Å². The molecular formula is C11H8F3N7. The zero-order chi connectivity index (χ0) is 15.0. The van der Waals surface area contributed by atoms with Crippen LogP contribution in [0.5, 0.6) is 0 Å². The molecule has 0 N–H and O–H groups in total. The first-order valence-corrected chi connectivity index (χ1v) is 5.96. The molecule has 0 spiro atoms. The fraction of sp³-hybridized carbons (Fsp3) is 0.364. The molecule has 0 aromatic carbocycles. The molecule has 0 amide bonds. The first-order valence-electron chi connectivity index (χ1n) is 5.96. The maximum atomic E-state index is 12.7. The van der Waals surface area contributed by atoms with Gasteiger partial charge in [-0.25, -0.2) is 9.97 Å². The van der Waals surface area contributed by atoms with Gasteiger partial charge < -0.3 is 9.47 Å². The van der Waals surface area contributed by atoms with Gasteiger partial charge in [0.15, 0.2) is 17.3 Å². The number of anilines is 1. The molecule has 2 aromatic heterocycles. The van der Waals surface area contributed by atoms with Crippen LogP contribution in [0, 0.1) is 11.3 Å². The Labute approximate surface area is 116 Å². The lowest BCUT2D eigenvalue weighted by Crippen LogP contribution is -2.36. The maximum Gasteiger partial charge on any atom is 0.451 e. The number of alkyl halides is 3. The SMILES string of the molecule is N#Cc1nccnc1N1CCn2c(nnc2C(F)(F)F)C1. The van der Waals surface area contributed by atoms with Crippen molar-refractivity contribution >= 4 is 5.82 Å². The Bertz CT molecular complexity index is 715. The van der Waals surface area contributed by atoms with Gasteiger partial charge in [0.2, 0.25) is 5.82 Å². The molecule has 2 aromatic rings. The van der Waals surface area contributed by atoms with Crippen LogP contribution in [-0.2, 0) is 19.3 Å². The minimum Gasteiger partial charge on any atom is -0.345 e. The Morgan fingerprint density at radius 2 is 1.90 bits per heavy atom. The highest BCUT2D eigenvalue weighted by Crippen LogP contribution is 2.30. The molecule has 3 heterocycles. The summed E-state index contributed by atoms with van der Waals surface area (Å²) in [7, 11) is 0. The van der Waals surface area contributed by atoms with Gasteiger partial charge in [-0.1, -0.05) is 0 Å². The van der Waals surface area contributed by atoms with E-state index in [0.29, 0.717) is 5.82 Å². The van der Waals surface area contributed by atoms with Crippen LogP contribution in [0.3, 0.4) is 0 Å².